The summed E-state index contributed by atoms with van der Waals surface area (Å²) in [6.45, 7) is 11.9. The lowest BCUT2D eigenvalue weighted by atomic mass is 9.99. The molecular weight excluding hydrogens is 334 g/mol. The van der Waals surface area contributed by atoms with Crippen molar-refractivity contribution in [2.24, 2.45) is 5.73 Å². The van der Waals surface area contributed by atoms with E-state index in [0.29, 0.717) is 0 Å². The molecule has 26 heavy (non-hydrogen) atoms. The first-order valence-corrected chi connectivity index (χ1v) is 11.6. The molecule has 0 aliphatic carbocycles. The molecule has 0 heterocycles. The van der Waals surface area contributed by atoms with E-state index in [1.165, 1.54) is 10.4 Å². The van der Waals surface area contributed by atoms with Gasteiger partial charge in [0, 0.05) is 12.1 Å². The number of rotatable bonds is 8. The van der Waals surface area contributed by atoms with Crippen LogP contribution in [0.4, 0.5) is 0 Å². The van der Waals surface area contributed by atoms with Crippen molar-refractivity contribution in [1.29, 1.82) is 0 Å². The summed E-state index contributed by atoms with van der Waals surface area (Å²) in [5, 5.41) is 2.73. The highest BCUT2D eigenvalue weighted by Crippen LogP contribution is 2.36. The second-order valence-electron chi connectivity index (χ2n) is 8.96. The Morgan fingerprint density at radius 1 is 0.769 bits per heavy atom. The molecule has 0 radical (unpaired) electrons. The van der Waals surface area contributed by atoms with E-state index < -0.39 is 8.32 Å². The van der Waals surface area contributed by atoms with Gasteiger partial charge in [0.05, 0.1) is 0 Å². The molecule has 2 aromatic rings. The molecule has 2 nitrogen and oxygen atoms in total. The maximum Gasteiger partial charge on any atom is 0.261 e. The van der Waals surface area contributed by atoms with Gasteiger partial charge in [-0.15, -0.1) is 0 Å². The standard InChI is InChI=1S/C23H35NOSi/c1-22(2,3)26(20-14-8-6-9-15-20,21-16-10-7-11-17-21)25-19-13-12-18-23(4,5)24/h6-11,14-17H,12-13,18-19,24H2,1-5H3. The van der Waals surface area contributed by atoms with Crippen LogP contribution in [0, 0.1) is 0 Å². The Bertz CT molecular complexity index is 617. The lowest BCUT2D eigenvalue weighted by Gasteiger charge is -2.43. The first-order chi connectivity index (χ1) is 12.2. The number of benzene rings is 2. The Hall–Kier alpha value is -1.42. The molecular formula is C23H35NOSi. The zero-order valence-electron chi connectivity index (χ0n) is 17.1. The number of hydrogen-bond acceptors (Lipinski definition) is 2. The minimum absolute atomic E-state index is 0.0445. The summed E-state index contributed by atoms with van der Waals surface area (Å²) in [7, 11) is -2.38. The minimum atomic E-state index is -2.38. The number of hydrogen-bond donors (Lipinski definition) is 1. The van der Waals surface area contributed by atoms with Crippen LogP contribution in [0.5, 0.6) is 0 Å². The number of nitrogens with two attached hydrogens (primary N) is 1. The van der Waals surface area contributed by atoms with Crippen molar-refractivity contribution >= 4 is 18.7 Å². The van der Waals surface area contributed by atoms with E-state index in [9.17, 15) is 0 Å². The fraction of sp³-hybridized carbons (Fsp3) is 0.478. The van der Waals surface area contributed by atoms with Crippen molar-refractivity contribution in [1.82, 2.24) is 0 Å². The van der Waals surface area contributed by atoms with Gasteiger partial charge in [0.1, 0.15) is 0 Å². The lowest BCUT2D eigenvalue weighted by molar-refractivity contribution is 0.281. The van der Waals surface area contributed by atoms with Gasteiger partial charge in [-0.05, 0) is 48.5 Å². The van der Waals surface area contributed by atoms with Crippen molar-refractivity contribution in [3.63, 3.8) is 0 Å². The molecule has 0 atom stereocenters. The van der Waals surface area contributed by atoms with Crippen LogP contribution in [-0.4, -0.2) is 20.5 Å². The van der Waals surface area contributed by atoms with E-state index in [0.717, 1.165) is 25.9 Å². The van der Waals surface area contributed by atoms with Gasteiger partial charge in [0.15, 0.2) is 0 Å². The predicted molar refractivity (Wildman–Crippen MR) is 116 cm³/mol. The third-order valence-electron chi connectivity index (χ3n) is 4.95. The third kappa shape index (κ3) is 5.06. The molecule has 0 aliphatic rings. The van der Waals surface area contributed by atoms with Gasteiger partial charge in [0.2, 0.25) is 0 Å². The molecule has 0 saturated heterocycles. The van der Waals surface area contributed by atoms with E-state index in [4.69, 9.17) is 10.2 Å². The average Bonchev–Trinajstić information content (AvgIpc) is 2.57. The molecule has 0 fully saturated rings. The van der Waals surface area contributed by atoms with Gasteiger partial charge >= 0.3 is 0 Å². The molecule has 2 rings (SSSR count). The Morgan fingerprint density at radius 2 is 1.23 bits per heavy atom. The normalized spacial score (nSPS) is 13.0. The highest BCUT2D eigenvalue weighted by Gasteiger charge is 2.49. The smallest absolute Gasteiger partial charge is 0.261 e. The molecule has 0 aromatic heterocycles. The van der Waals surface area contributed by atoms with Crippen LogP contribution >= 0.6 is 0 Å². The monoisotopic (exact) mass is 369 g/mol. The third-order valence-corrected chi connectivity index (χ3v) is 9.99. The Labute approximate surface area is 160 Å². The predicted octanol–water partition coefficient (Wildman–Crippen LogP) is 4.47. The van der Waals surface area contributed by atoms with Crippen LogP contribution in [0.1, 0.15) is 53.9 Å². The van der Waals surface area contributed by atoms with Gasteiger partial charge in [-0.1, -0.05) is 81.4 Å². The first-order valence-electron chi connectivity index (χ1n) is 9.71. The van der Waals surface area contributed by atoms with Crippen LogP contribution in [0.15, 0.2) is 60.7 Å². The van der Waals surface area contributed by atoms with Gasteiger partial charge in [-0.25, -0.2) is 0 Å². The van der Waals surface area contributed by atoms with Gasteiger partial charge in [-0.2, -0.15) is 0 Å². The Balaban J connectivity index is 2.32. The summed E-state index contributed by atoms with van der Waals surface area (Å²) in [5.41, 5.74) is 6.02. The van der Waals surface area contributed by atoms with Gasteiger partial charge in [0.25, 0.3) is 8.32 Å². The lowest BCUT2D eigenvalue weighted by Crippen LogP contribution is -2.66. The summed E-state index contributed by atoms with van der Waals surface area (Å²) in [6.07, 6.45) is 3.17. The summed E-state index contributed by atoms with van der Waals surface area (Å²) in [4.78, 5) is 0. The van der Waals surface area contributed by atoms with Crippen molar-refractivity contribution < 1.29 is 4.43 Å². The van der Waals surface area contributed by atoms with Crippen LogP contribution in [0.3, 0.4) is 0 Å². The molecule has 3 heteroatoms. The largest absolute Gasteiger partial charge is 0.407 e. The molecule has 2 aromatic carbocycles. The molecule has 0 saturated carbocycles. The highest BCUT2D eigenvalue weighted by molar-refractivity contribution is 6.99. The van der Waals surface area contributed by atoms with Gasteiger partial charge < -0.3 is 10.2 Å². The quantitative estimate of drug-likeness (QED) is 0.550. The van der Waals surface area contributed by atoms with Crippen LogP contribution < -0.4 is 16.1 Å². The highest BCUT2D eigenvalue weighted by atomic mass is 28.4. The van der Waals surface area contributed by atoms with E-state index in [2.05, 4.69) is 95.3 Å². The maximum absolute atomic E-state index is 6.88. The van der Waals surface area contributed by atoms with Crippen molar-refractivity contribution in [2.45, 2.75) is 64.5 Å². The molecule has 0 spiro atoms. The molecule has 0 unspecified atom stereocenters. The van der Waals surface area contributed by atoms with Crippen LogP contribution in [0.25, 0.3) is 0 Å². The maximum atomic E-state index is 6.88. The van der Waals surface area contributed by atoms with Crippen LogP contribution in [-0.2, 0) is 4.43 Å². The molecule has 0 aliphatic heterocycles. The summed E-state index contributed by atoms with van der Waals surface area (Å²) in [6, 6.07) is 21.7. The zero-order chi connectivity index (χ0) is 19.3. The summed E-state index contributed by atoms with van der Waals surface area (Å²) < 4.78 is 6.88. The Kier molecular flexibility index (Phi) is 6.84. The minimum Gasteiger partial charge on any atom is -0.407 e. The van der Waals surface area contributed by atoms with Gasteiger partial charge in [-0.3, -0.25) is 0 Å². The molecule has 0 amide bonds. The van der Waals surface area contributed by atoms with E-state index in [1.54, 1.807) is 0 Å². The molecule has 2 N–H and O–H groups in total. The van der Waals surface area contributed by atoms with Crippen molar-refractivity contribution in [2.75, 3.05) is 6.61 Å². The second kappa shape index (κ2) is 8.51. The van der Waals surface area contributed by atoms with E-state index >= 15 is 0 Å². The molecule has 0 bridgehead atoms. The van der Waals surface area contributed by atoms with Crippen molar-refractivity contribution in [3.8, 4) is 0 Å². The zero-order valence-corrected chi connectivity index (χ0v) is 18.1. The average molecular weight is 370 g/mol. The molecule has 142 valence electrons. The van der Waals surface area contributed by atoms with E-state index in [-0.39, 0.29) is 10.6 Å². The fourth-order valence-corrected chi connectivity index (χ4v) is 8.28. The first kappa shape index (κ1) is 20.9. The topological polar surface area (TPSA) is 35.2 Å². The Morgan fingerprint density at radius 3 is 1.62 bits per heavy atom. The van der Waals surface area contributed by atoms with E-state index in [1.807, 2.05) is 0 Å². The SMILES string of the molecule is CC(C)(N)CCCCO[Si](c1ccccc1)(c1ccccc1)C(C)(C)C. The summed E-state index contributed by atoms with van der Waals surface area (Å²) in [5.74, 6) is 0. The van der Waals surface area contributed by atoms with Crippen LogP contribution in [0.2, 0.25) is 5.04 Å². The second-order valence-corrected chi connectivity index (χ2v) is 13.3. The fourth-order valence-electron chi connectivity index (χ4n) is 3.67. The van der Waals surface area contributed by atoms with Crippen molar-refractivity contribution in [3.05, 3.63) is 60.7 Å². The summed E-state index contributed by atoms with van der Waals surface area (Å²) >= 11 is 0. The number of unbranched alkanes of at least 4 members (excludes halogenated alkanes) is 1.